The van der Waals surface area contributed by atoms with Crippen LogP contribution < -0.4 is 11.2 Å². The van der Waals surface area contributed by atoms with E-state index in [4.69, 9.17) is 0 Å². The van der Waals surface area contributed by atoms with Gasteiger partial charge in [-0.05, 0) is 12.3 Å². The number of aromatic amines is 2. The van der Waals surface area contributed by atoms with Crippen molar-refractivity contribution in [2.45, 2.75) is 25.9 Å². The zero-order valence-electron chi connectivity index (χ0n) is 10.7. The Kier molecular flexibility index (Phi) is 3.84. The number of aliphatic hydroxyl groups excluding tert-OH is 1. The maximum absolute atomic E-state index is 12.0. The van der Waals surface area contributed by atoms with Crippen molar-refractivity contribution in [3.05, 3.63) is 32.6 Å². The predicted molar refractivity (Wildman–Crippen MR) is 67.8 cm³/mol. The minimum atomic E-state index is -0.623. The standard InChI is InChI=1S/C12H17N3O4/c1-7-2-3-15(6-9(7)16)11(18)5-8-4-10(17)14-12(19)13-8/h4,7,9,16H,2-3,5-6H2,1H3,(H2,13,14,17,19). The van der Waals surface area contributed by atoms with Gasteiger partial charge in [0.2, 0.25) is 5.91 Å². The molecule has 2 atom stereocenters. The van der Waals surface area contributed by atoms with E-state index >= 15 is 0 Å². The van der Waals surface area contributed by atoms with Crippen molar-refractivity contribution >= 4 is 5.91 Å². The first-order valence-electron chi connectivity index (χ1n) is 6.24. The molecule has 1 fully saturated rings. The minimum absolute atomic E-state index is 0.0414. The molecule has 1 amide bonds. The van der Waals surface area contributed by atoms with E-state index in [9.17, 15) is 19.5 Å². The summed E-state index contributed by atoms with van der Waals surface area (Å²) in [5.74, 6) is -0.0179. The summed E-state index contributed by atoms with van der Waals surface area (Å²) in [6, 6.07) is 1.20. The van der Waals surface area contributed by atoms with Crippen molar-refractivity contribution in [2.24, 2.45) is 5.92 Å². The molecule has 1 aliphatic heterocycles. The number of amides is 1. The number of aliphatic hydroxyl groups is 1. The normalized spacial score (nSPS) is 23.4. The lowest BCUT2D eigenvalue weighted by Gasteiger charge is -2.34. The van der Waals surface area contributed by atoms with Gasteiger partial charge in [0.15, 0.2) is 0 Å². The van der Waals surface area contributed by atoms with Gasteiger partial charge in [-0.1, -0.05) is 6.92 Å². The van der Waals surface area contributed by atoms with E-state index in [0.717, 1.165) is 6.42 Å². The number of hydrogen-bond acceptors (Lipinski definition) is 4. The molecule has 0 saturated carbocycles. The first kappa shape index (κ1) is 13.5. The van der Waals surface area contributed by atoms with Crippen molar-refractivity contribution in [1.82, 2.24) is 14.9 Å². The molecule has 0 bridgehead atoms. The molecule has 2 rings (SSSR count). The van der Waals surface area contributed by atoms with E-state index in [1.54, 1.807) is 4.90 Å². The molecule has 0 aromatic carbocycles. The summed E-state index contributed by atoms with van der Waals surface area (Å²) < 4.78 is 0. The van der Waals surface area contributed by atoms with Crippen molar-refractivity contribution in [3.63, 3.8) is 0 Å². The second-order valence-corrected chi connectivity index (χ2v) is 4.96. The van der Waals surface area contributed by atoms with Crippen LogP contribution in [0.4, 0.5) is 0 Å². The second-order valence-electron chi connectivity index (χ2n) is 4.96. The number of carbonyl (C=O) groups excluding carboxylic acids is 1. The molecule has 1 saturated heterocycles. The Hall–Kier alpha value is -1.89. The highest BCUT2D eigenvalue weighted by Gasteiger charge is 2.27. The predicted octanol–water partition coefficient (Wildman–Crippen LogP) is -1.16. The third-order valence-corrected chi connectivity index (χ3v) is 3.43. The fraction of sp³-hybridized carbons (Fsp3) is 0.583. The van der Waals surface area contributed by atoms with Crippen LogP contribution in [0.2, 0.25) is 0 Å². The van der Waals surface area contributed by atoms with Gasteiger partial charge in [-0.25, -0.2) is 4.79 Å². The third-order valence-electron chi connectivity index (χ3n) is 3.43. The highest BCUT2D eigenvalue weighted by molar-refractivity contribution is 5.78. The number of piperidine rings is 1. The first-order valence-corrected chi connectivity index (χ1v) is 6.24. The Balaban J connectivity index is 2.05. The van der Waals surface area contributed by atoms with Gasteiger partial charge < -0.3 is 15.0 Å². The van der Waals surface area contributed by atoms with E-state index in [1.807, 2.05) is 11.9 Å². The van der Waals surface area contributed by atoms with E-state index in [-0.39, 0.29) is 23.9 Å². The van der Waals surface area contributed by atoms with Crippen LogP contribution in [0.15, 0.2) is 15.7 Å². The van der Waals surface area contributed by atoms with Gasteiger partial charge in [0.05, 0.1) is 12.5 Å². The van der Waals surface area contributed by atoms with Gasteiger partial charge in [0, 0.05) is 24.8 Å². The quantitative estimate of drug-likeness (QED) is 0.628. The van der Waals surface area contributed by atoms with Crippen LogP contribution in [-0.4, -0.2) is 45.1 Å². The maximum atomic E-state index is 12.0. The van der Waals surface area contributed by atoms with Gasteiger partial charge in [-0.3, -0.25) is 14.6 Å². The van der Waals surface area contributed by atoms with Gasteiger partial charge in [0.25, 0.3) is 5.56 Å². The number of hydrogen-bond donors (Lipinski definition) is 3. The van der Waals surface area contributed by atoms with Gasteiger partial charge in [-0.2, -0.15) is 0 Å². The first-order chi connectivity index (χ1) is 8.95. The summed E-state index contributed by atoms with van der Waals surface area (Å²) in [5, 5.41) is 9.74. The number of H-pyrrole nitrogens is 2. The topological polar surface area (TPSA) is 106 Å². The zero-order valence-corrected chi connectivity index (χ0v) is 10.7. The molecule has 2 heterocycles. The summed E-state index contributed by atoms with van der Waals surface area (Å²) in [6.45, 7) is 2.83. The smallest absolute Gasteiger partial charge is 0.325 e. The summed E-state index contributed by atoms with van der Waals surface area (Å²) in [7, 11) is 0. The average molecular weight is 267 g/mol. The molecule has 1 aromatic rings. The summed E-state index contributed by atoms with van der Waals surface area (Å²) in [6.07, 6.45) is 0.190. The van der Waals surface area contributed by atoms with Crippen LogP contribution in [-0.2, 0) is 11.2 Å². The number of rotatable bonds is 2. The van der Waals surface area contributed by atoms with E-state index in [2.05, 4.69) is 4.98 Å². The van der Waals surface area contributed by atoms with E-state index in [0.29, 0.717) is 13.1 Å². The Bertz CT molecular complexity index is 549. The van der Waals surface area contributed by atoms with Crippen LogP contribution in [0.1, 0.15) is 19.0 Å². The molecule has 3 N–H and O–H groups in total. The fourth-order valence-electron chi connectivity index (χ4n) is 2.16. The number of carbonyl (C=O) groups is 1. The van der Waals surface area contributed by atoms with Crippen LogP contribution in [0.3, 0.4) is 0 Å². The van der Waals surface area contributed by atoms with Crippen LogP contribution in [0.5, 0.6) is 0 Å². The Morgan fingerprint density at radius 2 is 2.21 bits per heavy atom. The molecule has 2 unspecified atom stereocenters. The molecule has 1 aromatic heterocycles. The second kappa shape index (κ2) is 5.40. The van der Waals surface area contributed by atoms with Crippen LogP contribution >= 0.6 is 0 Å². The summed E-state index contributed by atoms with van der Waals surface area (Å²) >= 11 is 0. The number of nitrogens with one attached hydrogen (secondary N) is 2. The average Bonchev–Trinajstić information content (AvgIpc) is 2.31. The lowest BCUT2D eigenvalue weighted by atomic mass is 9.96. The van der Waals surface area contributed by atoms with Crippen molar-refractivity contribution in [2.75, 3.05) is 13.1 Å². The molecule has 1 aliphatic rings. The molecule has 104 valence electrons. The van der Waals surface area contributed by atoms with Gasteiger partial charge >= 0.3 is 5.69 Å². The van der Waals surface area contributed by atoms with Crippen molar-refractivity contribution in [3.8, 4) is 0 Å². The van der Waals surface area contributed by atoms with Gasteiger partial charge in [-0.15, -0.1) is 0 Å². The molecule has 7 heteroatoms. The maximum Gasteiger partial charge on any atom is 0.325 e. The number of β-amino-alcohol motifs (C(OH)–C–C–N with tert-alkyl or cyclic N) is 1. The zero-order chi connectivity index (χ0) is 14.0. The monoisotopic (exact) mass is 267 g/mol. The molecule has 19 heavy (non-hydrogen) atoms. The molecule has 0 aliphatic carbocycles. The largest absolute Gasteiger partial charge is 0.391 e. The molecule has 0 radical (unpaired) electrons. The molecule has 7 nitrogen and oxygen atoms in total. The Morgan fingerprint density at radius 3 is 2.84 bits per heavy atom. The Labute approximate surface area is 109 Å². The highest BCUT2D eigenvalue weighted by Crippen LogP contribution is 2.17. The highest BCUT2D eigenvalue weighted by atomic mass is 16.3. The fourth-order valence-corrected chi connectivity index (χ4v) is 2.16. The lowest BCUT2D eigenvalue weighted by molar-refractivity contribution is -0.134. The third kappa shape index (κ3) is 3.31. The van der Waals surface area contributed by atoms with Gasteiger partial charge in [0.1, 0.15) is 0 Å². The van der Waals surface area contributed by atoms with E-state index < -0.39 is 17.4 Å². The number of aromatic nitrogens is 2. The minimum Gasteiger partial charge on any atom is -0.391 e. The summed E-state index contributed by atoms with van der Waals surface area (Å²) in [5.41, 5.74) is -0.867. The van der Waals surface area contributed by atoms with Crippen LogP contribution in [0, 0.1) is 5.92 Å². The van der Waals surface area contributed by atoms with Crippen molar-refractivity contribution in [1.29, 1.82) is 0 Å². The van der Waals surface area contributed by atoms with E-state index in [1.165, 1.54) is 6.07 Å². The molecular weight excluding hydrogens is 250 g/mol. The number of nitrogens with zero attached hydrogens (tertiary/aromatic N) is 1. The SMILES string of the molecule is CC1CCN(C(=O)Cc2cc(=O)[nH]c(=O)[nH]2)CC1O. The number of likely N-dealkylation sites (tertiary alicyclic amines) is 1. The Morgan fingerprint density at radius 1 is 1.47 bits per heavy atom. The van der Waals surface area contributed by atoms with Crippen LogP contribution in [0.25, 0.3) is 0 Å². The molecule has 0 spiro atoms. The molecular formula is C12H17N3O4. The summed E-state index contributed by atoms with van der Waals surface area (Å²) in [4.78, 5) is 40.3. The lowest BCUT2D eigenvalue weighted by Crippen LogP contribution is -2.46. The van der Waals surface area contributed by atoms with Crippen molar-refractivity contribution < 1.29 is 9.90 Å².